The lowest BCUT2D eigenvalue weighted by Gasteiger charge is -2.26. The lowest BCUT2D eigenvalue weighted by Crippen LogP contribution is -2.30. The van der Waals surface area contributed by atoms with Crippen LogP contribution < -0.4 is 15.4 Å². The van der Waals surface area contributed by atoms with Gasteiger partial charge in [-0.25, -0.2) is 9.59 Å². The van der Waals surface area contributed by atoms with Crippen molar-refractivity contribution in [1.29, 1.82) is 0 Å². The zero-order chi connectivity index (χ0) is 32.3. The molecule has 2 heterocycles. The number of rotatable bonds is 14. The smallest absolute Gasteiger partial charge is 0.348 e. The van der Waals surface area contributed by atoms with Gasteiger partial charge in [0.15, 0.2) is 17.6 Å². The maximum Gasteiger partial charge on any atom is 0.348 e. The number of thioether (sulfide) groups is 1. The standard InChI is InChI=1S/C31H39N5O7S2/c1-5-41-29(39)25-19(3)26(30(40)42-6-2)45-28(25)33-27(38)20(4)44-31-35-34-23(36(31)21-13-9-7-10-14-21)17-32-24(37)18-43-22-15-11-8-12-16-22/h8,11-12,15-16,20-21H,5-7,9-10,13-14,17-18H2,1-4H3,(H,32,37)(H,33,38). The van der Waals surface area contributed by atoms with Crippen LogP contribution in [0.25, 0.3) is 0 Å². The van der Waals surface area contributed by atoms with Crippen molar-refractivity contribution in [3.63, 3.8) is 0 Å². The van der Waals surface area contributed by atoms with Crippen molar-refractivity contribution < 1.29 is 33.4 Å². The zero-order valence-electron chi connectivity index (χ0n) is 25.9. The van der Waals surface area contributed by atoms with Crippen molar-refractivity contribution in [2.75, 3.05) is 25.1 Å². The molecule has 12 nitrogen and oxygen atoms in total. The van der Waals surface area contributed by atoms with E-state index in [4.69, 9.17) is 14.2 Å². The van der Waals surface area contributed by atoms with Crippen LogP contribution >= 0.6 is 23.1 Å². The number of esters is 2. The molecule has 0 aliphatic heterocycles. The monoisotopic (exact) mass is 657 g/mol. The zero-order valence-corrected chi connectivity index (χ0v) is 27.6. The van der Waals surface area contributed by atoms with Crippen LogP contribution in [0.3, 0.4) is 0 Å². The van der Waals surface area contributed by atoms with Crippen molar-refractivity contribution in [3.05, 3.63) is 52.2 Å². The molecule has 1 aromatic carbocycles. The number of anilines is 1. The lowest BCUT2D eigenvalue weighted by molar-refractivity contribution is -0.123. The molecule has 0 bridgehead atoms. The molecule has 1 saturated carbocycles. The molecule has 1 unspecified atom stereocenters. The van der Waals surface area contributed by atoms with Crippen molar-refractivity contribution in [2.45, 2.75) is 82.8 Å². The summed E-state index contributed by atoms with van der Waals surface area (Å²) in [6.45, 7) is 7.09. The van der Waals surface area contributed by atoms with Gasteiger partial charge in [-0.05, 0) is 58.2 Å². The number of benzene rings is 1. The van der Waals surface area contributed by atoms with E-state index in [1.54, 1.807) is 39.8 Å². The third-order valence-corrected chi connectivity index (χ3v) is 9.45. The summed E-state index contributed by atoms with van der Waals surface area (Å²) in [7, 11) is 0. The first-order valence-corrected chi connectivity index (χ1v) is 16.8. The minimum absolute atomic E-state index is 0.131. The van der Waals surface area contributed by atoms with Crippen LogP contribution in [0, 0.1) is 6.92 Å². The summed E-state index contributed by atoms with van der Waals surface area (Å²) in [4.78, 5) is 51.5. The summed E-state index contributed by atoms with van der Waals surface area (Å²) in [5, 5.41) is 14.6. The molecule has 2 amide bonds. The van der Waals surface area contributed by atoms with Gasteiger partial charge in [-0.15, -0.1) is 21.5 Å². The SMILES string of the molecule is CCOC(=O)c1sc(NC(=O)C(C)Sc2nnc(CNC(=O)COc3ccccc3)n2C2CCCCC2)c(C(=O)OCC)c1C. The molecule has 2 aromatic heterocycles. The van der Waals surface area contributed by atoms with Crippen molar-refractivity contribution in [3.8, 4) is 5.75 Å². The molecule has 242 valence electrons. The Balaban J connectivity index is 1.48. The van der Waals surface area contributed by atoms with Crippen LogP contribution in [0.5, 0.6) is 5.75 Å². The van der Waals surface area contributed by atoms with Crippen LogP contribution in [0.2, 0.25) is 0 Å². The molecular formula is C31H39N5O7S2. The van der Waals surface area contributed by atoms with E-state index in [2.05, 4.69) is 20.8 Å². The van der Waals surface area contributed by atoms with Gasteiger partial charge in [0.05, 0.1) is 30.6 Å². The molecule has 0 saturated heterocycles. The second-order valence-corrected chi connectivity index (χ2v) is 12.7. The highest BCUT2D eigenvalue weighted by Gasteiger charge is 2.30. The Morgan fingerprint density at radius 2 is 1.71 bits per heavy atom. The molecule has 1 aliphatic carbocycles. The van der Waals surface area contributed by atoms with E-state index in [1.165, 1.54) is 11.8 Å². The predicted molar refractivity (Wildman–Crippen MR) is 171 cm³/mol. The van der Waals surface area contributed by atoms with Crippen LogP contribution in [0.1, 0.15) is 90.3 Å². The molecule has 3 aromatic rings. The first-order chi connectivity index (χ1) is 21.7. The summed E-state index contributed by atoms with van der Waals surface area (Å²) in [6, 6.07) is 9.25. The largest absolute Gasteiger partial charge is 0.484 e. The van der Waals surface area contributed by atoms with Gasteiger partial charge in [0.1, 0.15) is 15.6 Å². The Kier molecular flexibility index (Phi) is 12.4. The fourth-order valence-electron chi connectivity index (χ4n) is 4.98. The number of amides is 2. The van der Waals surface area contributed by atoms with Crippen LogP contribution in [-0.2, 0) is 25.6 Å². The molecule has 1 atom stereocenters. The Morgan fingerprint density at radius 1 is 1.02 bits per heavy atom. The first kappa shape index (κ1) is 34.0. The molecule has 4 rings (SSSR count). The second-order valence-electron chi connectivity index (χ2n) is 10.4. The Labute approximate surface area is 270 Å². The van der Waals surface area contributed by atoms with E-state index < -0.39 is 17.2 Å². The predicted octanol–water partition coefficient (Wildman–Crippen LogP) is 5.32. The normalized spacial score (nSPS) is 14.0. The molecule has 0 radical (unpaired) electrons. The average Bonchev–Trinajstić information content (AvgIpc) is 3.59. The molecule has 1 aliphatic rings. The first-order valence-electron chi connectivity index (χ1n) is 15.1. The van der Waals surface area contributed by atoms with E-state index >= 15 is 0 Å². The van der Waals surface area contributed by atoms with Crippen molar-refractivity contribution >= 4 is 51.9 Å². The summed E-state index contributed by atoms with van der Waals surface area (Å²) in [6.07, 6.45) is 5.17. The number of thiophene rings is 1. The van der Waals surface area contributed by atoms with Crippen LogP contribution in [-0.4, -0.2) is 63.6 Å². The van der Waals surface area contributed by atoms with Crippen molar-refractivity contribution in [2.24, 2.45) is 0 Å². The molecule has 45 heavy (non-hydrogen) atoms. The van der Waals surface area contributed by atoms with E-state index in [1.807, 2.05) is 22.8 Å². The number of nitrogens with zero attached hydrogens (tertiary/aromatic N) is 3. The van der Waals surface area contributed by atoms with Gasteiger partial charge in [0.2, 0.25) is 5.91 Å². The van der Waals surface area contributed by atoms with Gasteiger partial charge < -0.3 is 29.4 Å². The number of aromatic nitrogens is 3. The number of carbonyl (C=O) groups excluding carboxylic acids is 4. The average molecular weight is 658 g/mol. The molecule has 2 N–H and O–H groups in total. The van der Waals surface area contributed by atoms with Crippen molar-refractivity contribution in [1.82, 2.24) is 20.1 Å². The Hall–Kier alpha value is -3.91. The third kappa shape index (κ3) is 8.85. The quantitative estimate of drug-likeness (QED) is 0.172. The van der Waals surface area contributed by atoms with E-state index in [0.717, 1.165) is 43.4 Å². The fourth-order valence-corrected chi connectivity index (χ4v) is 7.01. The Bertz CT molecular complexity index is 1480. The molecule has 14 heteroatoms. The third-order valence-electron chi connectivity index (χ3n) is 7.21. The summed E-state index contributed by atoms with van der Waals surface area (Å²) >= 11 is 2.22. The highest BCUT2D eigenvalue weighted by Crippen LogP contribution is 2.37. The molecule has 1 fully saturated rings. The van der Waals surface area contributed by atoms with Gasteiger partial charge in [0, 0.05) is 6.04 Å². The number of para-hydroxylation sites is 1. The van der Waals surface area contributed by atoms with E-state index in [0.29, 0.717) is 22.3 Å². The molecule has 0 spiro atoms. The molecular weight excluding hydrogens is 619 g/mol. The summed E-state index contributed by atoms with van der Waals surface area (Å²) in [5.74, 6) is -0.662. The van der Waals surface area contributed by atoms with Gasteiger partial charge in [-0.3, -0.25) is 9.59 Å². The van der Waals surface area contributed by atoms with Gasteiger partial charge in [0.25, 0.3) is 5.91 Å². The van der Waals surface area contributed by atoms with Gasteiger partial charge >= 0.3 is 11.9 Å². The second kappa shape index (κ2) is 16.4. The highest BCUT2D eigenvalue weighted by molar-refractivity contribution is 8.00. The number of carbonyl (C=O) groups is 4. The maximum atomic E-state index is 13.4. The fraction of sp³-hybridized carbons (Fsp3) is 0.484. The maximum absolute atomic E-state index is 13.4. The topological polar surface area (TPSA) is 151 Å². The highest BCUT2D eigenvalue weighted by atomic mass is 32.2. The number of hydrogen-bond donors (Lipinski definition) is 2. The lowest BCUT2D eigenvalue weighted by atomic mass is 9.95. The van der Waals surface area contributed by atoms with Crippen LogP contribution in [0.15, 0.2) is 35.5 Å². The van der Waals surface area contributed by atoms with E-state index in [9.17, 15) is 19.2 Å². The van der Waals surface area contributed by atoms with Gasteiger partial charge in [-0.1, -0.05) is 49.2 Å². The minimum Gasteiger partial charge on any atom is -0.484 e. The number of ether oxygens (including phenoxy) is 3. The minimum atomic E-state index is -0.637. The number of hydrogen-bond acceptors (Lipinski definition) is 11. The summed E-state index contributed by atoms with van der Waals surface area (Å²) in [5.41, 5.74) is 0.528. The summed E-state index contributed by atoms with van der Waals surface area (Å²) < 4.78 is 17.9. The number of nitrogens with one attached hydrogen (secondary N) is 2. The van der Waals surface area contributed by atoms with E-state index in [-0.39, 0.29) is 59.7 Å². The Morgan fingerprint density at radius 3 is 2.40 bits per heavy atom. The van der Waals surface area contributed by atoms with Crippen LogP contribution in [0.4, 0.5) is 5.00 Å². The van der Waals surface area contributed by atoms with Gasteiger partial charge in [-0.2, -0.15) is 0 Å².